The van der Waals surface area contributed by atoms with Crippen molar-refractivity contribution < 1.29 is 19.1 Å². The lowest BCUT2D eigenvalue weighted by molar-refractivity contribution is -0.142. The van der Waals surface area contributed by atoms with Crippen LogP contribution in [0.4, 0.5) is 0 Å². The molecule has 130 valence electrons. The molecule has 1 atom stereocenters. The standard InChI is InChI=1S/C17H21ClN2O4/c1-4-23-15(21)7-12-6-13(11(3)18)9-20-10-14(8-19-16(12)20)17(22)24-5-2/h6,8-9,11H,4-5,7,10H2,1-3H3. The van der Waals surface area contributed by atoms with Gasteiger partial charge >= 0.3 is 11.9 Å². The highest BCUT2D eigenvalue weighted by atomic mass is 35.5. The van der Waals surface area contributed by atoms with E-state index >= 15 is 0 Å². The van der Waals surface area contributed by atoms with Crippen LogP contribution in [-0.2, 0) is 19.1 Å². The molecule has 1 unspecified atom stereocenters. The molecule has 0 aromatic carbocycles. The van der Waals surface area contributed by atoms with E-state index in [1.807, 2.05) is 24.1 Å². The number of alkyl halides is 1. The van der Waals surface area contributed by atoms with Crippen molar-refractivity contribution in [3.63, 3.8) is 0 Å². The van der Waals surface area contributed by atoms with Gasteiger partial charge in [-0.1, -0.05) is 0 Å². The summed E-state index contributed by atoms with van der Waals surface area (Å²) >= 11 is 6.20. The van der Waals surface area contributed by atoms with E-state index in [9.17, 15) is 9.59 Å². The van der Waals surface area contributed by atoms with Gasteiger partial charge in [0.1, 0.15) is 5.84 Å². The summed E-state index contributed by atoms with van der Waals surface area (Å²) < 4.78 is 10.0. The normalized spacial score (nSPS) is 17.8. The molecule has 0 bridgehead atoms. The molecule has 2 heterocycles. The summed E-state index contributed by atoms with van der Waals surface area (Å²) in [7, 11) is 0. The molecule has 0 saturated heterocycles. The smallest absolute Gasteiger partial charge is 0.337 e. The second kappa shape index (κ2) is 8.15. The molecule has 2 aliphatic heterocycles. The minimum absolute atomic E-state index is 0.104. The van der Waals surface area contributed by atoms with Crippen LogP contribution in [0.5, 0.6) is 0 Å². The van der Waals surface area contributed by atoms with E-state index < -0.39 is 5.97 Å². The minimum atomic E-state index is -0.393. The fraction of sp³-hybridized carbons (Fsp3) is 0.471. The first-order chi connectivity index (χ1) is 11.5. The maximum absolute atomic E-state index is 11.9. The quantitative estimate of drug-likeness (QED) is 0.543. The number of halogens is 1. The number of allylic oxidation sites excluding steroid dienone is 2. The van der Waals surface area contributed by atoms with Crippen LogP contribution in [0.3, 0.4) is 0 Å². The molecule has 0 amide bonds. The van der Waals surface area contributed by atoms with Crippen molar-refractivity contribution in [2.75, 3.05) is 19.8 Å². The van der Waals surface area contributed by atoms with Gasteiger partial charge in [-0.2, -0.15) is 0 Å². The Balaban J connectivity index is 2.30. The first kappa shape index (κ1) is 18.3. The monoisotopic (exact) mass is 352 g/mol. The predicted molar refractivity (Wildman–Crippen MR) is 91.6 cm³/mol. The van der Waals surface area contributed by atoms with E-state index in [0.29, 0.717) is 31.2 Å². The van der Waals surface area contributed by atoms with Crippen molar-refractivity contribution in [1.29, 1.82) is 0 Å². The minimum Gasteiger partial charge on any atom is -0.466 e. The zero-order valence-corrected chi connectivity index (χ0v) is 14.8. The van der Waals surface area contributed by atoms with Crippen LogP contribution in [0.1, 0.15) is 27.2 Å². The van der Waals surface area contributed by atoms with Crippen LogP contribution in [0.15, 0.2) is 40.2 Å². The molecular weight excluding hydrogens is 332 g/mol. The molecule has 0 radical (unpaired) electrons. The summed E-state index contributed by atoms with van der Waals surface area (Å²) in [5.74, 6) is -0.0946. The maximum Gasteiger partial charge on any atom is 0.337 e. The number of aliphatic imine (C=N–C) groups is 1. The summed E-state index contributed by atoms with van der Waals surface area (Å²) in [6.45, 7) is 6.32. The van der Waals surface area contributed by atoms with E-state index in [2.05, 4.69) is 4.99 Å². The van der Waals surface area contributed by atoms with Crippen LogP contribution in [0.2, 0.25) is 0 Å². The first-order valence-corrected chi connectivity index (χ1v) is 8.32. The molecule has 0 aromatic rings. The lowest BCUT2D eigenvalue weighted by Crippen LogP contribution is -2.37. The second-order valence-corrected chi connectivity index (χ2v) is 6.01. The molecule has 0 N–H and O–H groups in total. The summed E-state index contributed by atoms with van der Waals surface area (Å²) in [5, 5.41) is -0.235. The summed E-state index contributed by atoms with van der Waals surface area (Å²) in [6.07, 6.45) is 5.29. The van der Waals surface area contributed by atoms with Gasteiger partial charge in [-0.15, -0.1) is 11.6 Å². The molecular formula is C17H21ClN2O4. The van der Waals surface area contributed by atoms with Gasteiger partial charge in [-0.3, -0.25) is 4.79 Å². The van der Waals surface area contributed by atoms with Crippen LogP contribution < -0.4 is 0 Å². The highest BCUT2D eigenvalue weighted by molar-refractivity contribution is 6.22. The third-order valence-corrected chi connectivity index (χ3v) is 3.78. The number of nitrogens with zero attached hydrogens (tertiary/aromatic N) is 2. The number of amidine groups is 1. The number of fused-ring (bicyclic) bond motifs is 1. The Morgan fingerprint density at radius 2 is 2.04 bits per heavy atom. The number of ether oxygens (including phenoxy) is 2. The Labute approximate surface area is 146 Å². The third kappa shape index (κ3) is 4.26. The number of rotatable bonds is 6. The van der Waals surface area contributed by atoms with Gasteiger partial charge < -0.3 is 14.4 Å². The molecule has 0 saturated carbocycles. The lowest BCUT2D eigenvalue weighted by atomic mass is 10.00. The number of esters is 2. The lowest BCUT2D eigenvalue weighted by Gasteiger charge is -2.31. The Kier molecular flexibility index (Phi) is 6.20. The van der Waals surface area contributed by atoms with Crippen LogP contribution in [0.25, 0.3) is 0 Å². The average Bonchev–Trinajstić information content (AvgIpc) is 2.54. The number of hydrogen-bond acceptors (Lipinski definition) is 6. The summed E-state index contributed by atoms with van der Waals surface area (Å²) in [6, 6.07) is 0. The van der Waals surface area contributed by atoms with E-state index in [1.54, 1.807) is 13.8 Å². The molecule has 0 aliphatic carbocycles. The van der Waals surface area contributed by atoms with Gasteiger partial charge in [-0.05, 0) is 32.4 Å². The zero-order valence-electron chi connectivity index (χ0n) is 14.0. The van der Waals surface area contributed by atoms with Crippen molar-refractivity contribution in [3.05, 3.63) is 35.2 Å². The zero-order chi connectivity index (χ0) is 17.7. The maximum atomic E-state index is 11.9. The SMILES string of the molecule is CCOC(=O)CC1=CC(C(C)Cl)=CN2CC(C(=O)OCC)=CN=C12. The topological polar surface area (TPSA) is 68.2 Å². The molecule has 2 aliphatic rings. The fourth-order valence-corrected chi connectivity index (χ4v) is 2.55. The van der Waals surface area contributed by atoms with Crippen LogP contribution >= 0.6 is 11.6 Å². The third-order valence-electron chi connectivity index (χ3n) is 3.53. The van der Waals surface area contributed by atoms with E-state index in [4.69, 9.17) is 21.1 Å². The molecule has 0 spiro atoms. The van der Waals surface area contributed by atoms with Crippen molar-refractivity contribution in [3.8, 4) is 0 Å². The Bertz CT molecular complexity index is 647. The number of hydrogen-bond donors (Lipinski definition) is 0. The van der Waals surface area contributed by atoms with Gasteiger partial charge in [0, 0.05) is 18.0 Å². The highest BCUT2D eigenvalue weighted by Gasteiger charge is 2.28. The highest BCUT2D eigenvalue weighted by Crippen LogP contribution is 2.27. The van der Waals surface area contributed by atoms with Crippen LogP contribution in [-0.4, -0.2) is 47.8 Å². The fourth-order valence-electron chi connectivity index (χ4n) is 2.43. The van der Waals surface area contributed by atoms with Crippen molar-refractivity contribution >= 4 is 29.4 Å². The molecule has 7 heteroatoms. The molecule has 0 aromatic heterocycles. The average molecular weight is 353 g/mol. The first-order valence-electron chi connectivity index (χ1n) is 7.89. The predicted octanol–water partition coefficient (Wildman–Crippen LogP) is 2.55. The molecule has 0 fully saturated rings. The van der Waals surface area contributed by atoms with Crippen molar-refractivity contribution in [2.45, 2.75) is 32.6 Å². The van der Waals surface area contributed by atoms with Gasteiger partial charge in [0.25, 0.3) is 0 Å². The van der Waals surface area contributed by atoms with E-state index in [0.717, 1.165) is 11.1 Å². The van der Waals surface area contributed by atoms with Gasteiger partial charge in [0.2, 0.25) is 0 Å². The van der Waals surface area contributed by atoms with Crippen molar-refractivity contribution in [2.24, 2.45) is 4.99 Å². The molecule has 6 nitrogen and oxygen atoms in total. The van der Waals surface area contributed by atoms with E-state index in [1.165, 1.54) is 6.20 Å². The largest absolute Gasteiger partial charge is 0.466 e. The van der Waals surface area contributed by atoms with Gasteiger partial charge in [-0.25, -0.2) is 9.79 Å². The van der Waals surface area contributed by atoms with Gasteiger partial charge in [0.15, 0.2) is 0 Å². The molecule has 2 rings (SSSR count). The van der Waals surface area contributed by atoms with Crippen LogP contribution in [0, 0.1) is 0 Å². The second-order valence-electron chi connectivity index (χ2n) is 5.35. The number of carbonyl (C=O) groups excluding carboxylic acids is 2. The summed E-state index contributed by atoms with van der Waals surface area (Å²) in [4.78, 5) is 29.9. The Morgan fingerprint density at radius 1 is 1.33 bits per heavy atom. The van der Waals surface area contributed by atoms with Gasteiger partial charge in [0.05, 0.1) is 37.1 Å². The molecule has 24 heavy (non-hydrogen) atoms. The summed E-state index contributed by atoms with van der Waals surface area (Å²) in [5.41, 5.74) is 2.02. The Morgan fingerprint density at radius 3 is 2.67 bits per heavy atom. The Hall–Kier alpha value is -2.08. The number of carbonyl (C=O) groups is 2. The van der Waals surface area contributed by atoms with Crippen molar-refractivity contribution in [1.82, 2.24) is 4.90 Å². The van der Waals surface area contributed by atoms with E-state index in [-0.39, 0.29) is 17.8 Å².